The van der Waals surface area contributed by atoms with Crippen molar-refractivity contribution in [3.63, 3.8) is 0 Å². The SMILES string of the molecule is COC[C@H](C)Oc1ccc(N)c(C(=N)c2cc(N3CCC(F)(F)C3)ncn2)c1.[HH]. The van der Waals surface area contributed by atoms with Gasteiger partial charge in [0.1, 0.15) is 24.0 Å². The van der Waals surface area contributed by atoms with Gasteiger partial charge in [0.2, 0.25) is 0 Å². The molecular weight excluding hydrogens is 368 g/mol. The summed E-state index contributed by atoms with van der Waals surface area (Å²) < 4.78 is 37.8. The minimum Gasteiger partial charge on any atom is -0.488 e. The smallest absolute Gasteiger partial charge is 0.266 e. The van der Waals surface area contributed by atoms with E-state index in [2.05, 4.69) is 9.97 Å². The first kappa shape index (κ1) is 19.9. The first-order valence-electron chi connectivity index (χ1n) is 8.88. The molecule has 152 valence electrons. The second kappa shape index (κ2) is 8.05. The number of nitrogens with one attached hydrogen (secondary N) is 1. The zero-order valence-electron chi connectivity index (χ0n) is 15.8. The molecule has 3 rings (SSSR count). The number of nitrogens with zero attached hydrogens (tertiary/aromatic N) is 3. The number of methoxy groups -OCH3 is 1. The molecule has 28 heavy (non-hydrogen) atoms. The van der Waals surface area contributed by atoms with Gasteiger partial charge in [0.05, 0.1) is 24.6 Å². The van der Waals surface area contributed by atoms with E-state index < -0.39 is 5.92 Å². The second-order valence-electron chi connectivity index (χ2n) is 6.80. The van der Waals surface area contributed by atoms with E-state index in [0.29, 0.717) is 35.1 Å². The summed E-state index contributed by atoms with van der Waals surface area (Å²) in [6, 6.07) is 6.57. The Balaban J connectivity index is 0.00000300. The average Bonchev–Trinajstić information content (AvgIpc) is 3.03. The molecule has 9 heteroatoms. The van der Waals surface area contributed by atoms with E-state index in [-0.39, 0.29) is 32.8 Å². The van der Waals surface area contributed by atoms with Crippen LogP contribution in [0.15, 0.2) is 30.6 Å². The molecule has 3 N–H and O–H groups in total. The van der Waals surface area contributed by atoms with Gasteiger partial charge in [-0.1, -0.05) is 0 Å². The molecule has 2 heterocycles. The fourth-order valence-corrected chi connectivity index (χ4v) is 3.05. The lowest BCUT2D eigenvalue weighted by Crippen LogP contribution is -2.26. The van der Waals surface area contributed by atoms with Crippen molar-refractivity contribution in [2.45, 2.75) is 25.4 Å². The third-order valence-electron chi connectivity index (χ3n) is 4.44. The van der Waals surface area contributed by atoms with E-state index in [1.165, 1.54) is 17.3 Å². The first-order valence-corrected chi connectivity index (χ1v) is 8.88. The molecule has 1 atom stereocenters. The first-order chi connectivity index (χ1) is 13.3. The number of alkyl halides is 2. The predicted molar refractivity (Wildman–Crippen MR) is 105 cm³/mol. The normalized spacial score (nSPS) is 16.8. The van der Waals surface area contributed by atoms with Crippen LogP contribution in [-0.2, 0) is 4.74 Å². The number of benzene rings is 1. The van der Waals surface area contributed by atoms with Gasteiger partial charge in [-0.15, -0.1) is 0 Å². The number of halogens is 2. The van der Waals surface area contributed by atoms with Gasteiger partial charge in [-0.2, -0.15) is 0 Å². The average molecular weight is 393 g/mol. The number of nitrogen functional groups attached to an aromatic ring is 1. The summed E-state index contributed by atoms with van der Waals surface area (Å²) >= 11 is 0. The molecule has 1 aromatic heterocycles. The number of aromatic nitrogens is 2. The quantitative estimate of drug-likeness (QED) is 0.554. The van der Waals surface area contributed by atoms with E-state index in [1.54, 1.807) is 25.3 Å². The van der Waals surface area contributed by atoms with Gasteiger partial charge in [-0.05, 0) is 25.1 Å². The molecule has 0 unspecified atom stereocenters. The zero-order chi connectivity index (χ0) is 20.3. The maximum Gasteiger partial charge on any atom is 0.266 e. The Bertz CT molecular complexity index is 868. The lowest BCUT2D eigenvalue weighted by atomic mass is 10.0. The highest BCUT2D eigenvalue weighted by Gasteiger charge is 2.38. The van der Waals surface area contributed by atoms with Crippen molar-refractivity contribution in [3.8, 4) is 5.75 Å². The molecule has 1 aliphatic heterocycles. The van der Waals surface area contributed by atoms with Crippen molar-refractivity contribution in [1.82, 2.24) is 9.97 Å². The predicted octanol–water partition coefficient (Wildman–Crippen LogP) is 2.98. The van der Waals surface area contributed by atoms with Crippen molar-refractivity contribution >= 4 is 17.2 Å². The third-order valence-corrected chi connectivity index (χ3v) is 4.44. The highest BCUT2D eigenvalue weighted by Crippen LogP contribution is 2.30. The van der Waals surface area contributed by atoms with Crippen LogP contribution in [0.1, 0.15) is 26.0 Å². The summed E-state index contributed by atoms with van der Waals surface area (Å²) in [6.45, 7) is 2.11. The minimum absolute atomic E-state index is 0. The van der Waals surface area contributed by atoms with E-state index in [4.69, 9.17) is 20.6 Å². The number of rotatable bonds is 7. The van der Waals surface area contributed by atoms with Crippen LogP contribution < -0.4 is 15.4 Å². The van der Waals surface area contributed by atoms with Crippen LogP contribution in [-0.4, -0.2) is 54.5 Å². The third kappa shape index (κ3) is 4.53. The number of anilines is 2. The molecule has 0 radical (unpaired) electrons. The summed E-state index contributed by atoms with van der Waals surface area (Å²) in [5.74, 6) is -1.81. The van der Waals surface area contributed by atoms with Crippen LogP contribution in [0, 0.1) is 5.41 Å². The summed E-state index contributed by atoms with van der Waals surface area (Å²) in [6.07, 6.45) is 0.890. The summed E-state index contributed by atoms with van der Waals surface area (Å²) in [5, 5.41) is 8.50. The van der Waals surface area contributed by atoms with Gasteiger partial charge in [0.15, 0.2) is 0 Å². The van der Waals surface area contributed by atoms with E-state index in [1.807, 2.05) is 6.92 Å². The summed E-state index contributed by atoms with van der Waals surface area (Å²) in [5.41, 5.74) is 7.24. The van der Waals surface area contributed by atoms with E-state index in [9.17, 15) is 8.78 Å². The maximum absolute atomic E-state index is 13.5. The molecular formula is C19H25F2N5O2. The van der Waals surface area contributed by atoms with Gasteiger partial charge in [0.25, 0.3) is 5.92 Å². The van der Waals surface area contributed by atoms with Gasteiger partial charge in [0, 0.05) is 38.8 Å². The highest BCUT2D eigenvalue weighted by molar-refractivity contribution is 6.13. The Morgan fingerprint density at radius 3 is 2.86 bits per heavy atom. The number of hydrogen-bond donors (Lipinski definition) is 2. The molecule has 0 amide bonds. The monoisotopic (exact) mass is 393 g/mol. The van der Waals surface area contributed by atoms with Crippen LogP contribution in [0.3, 0.4) is 0 Å². The fourth-order valence-electron chi connectivity index (χ4n) is 3.05. The van der Waals surface area contributed by atoms with Crippen LogP contribution in [0.5, 0.6) is 5.75 Å². The second-order valence-corrected chi connectivity index (χ2v) is 6.80. The summed E-state index contributed by atoms with van der Waals surface area (Å²) in [4.78, 5) is 9.69. The lowest BCUT2D eigenvalue weighted by molar-refractivity contribution is 0.0256. The number of ether oxygens (including phenoxy) is 2. The maximum atomic E-state index is 13.5. The van der Waals surface area contributed by atoms with Crippen molar-refractivity contribution in [2.24, 2.45) is 0 Å². The molecule has 1 aliphatic rings. The molecule has 0 aliphatic carbocycles. The minimum atomic E-state index is -2.73. The van der Waals surface area contributed by atoms with Gasteiger partial charge >= 0.3 is 0 Å². The number of nitrogens with two attached hydrogens (primary N) is 1. The Morgan fingerprint density at radius 2 is 2.18 bits per heavy atom. The van der Waals surface area contributed by atoms with E-state index in [0.717, 1.165) is 0 Å². The molecule has 1 aromatic carbocycles. The summed E-state index contributed by atoms with van der Waals surface area (Å²) in [7, 11) is 1.59. The molecule has 2 aromatic rings. The standard InChI is InChI=1S/C19H23F2N5O2.H2/c1-12(9-27-2)28-13-3-4-15(22)14(7-13)18(23)16-8-17(25-11-24-16)26-6-5-19(20,21)10-26;/h3-4,7-8,11-12,23H,5-6,9-10,22H2,1-2H3;1H/t12-;/m0./s1. The molecule has 1 fully saturated rings. The van der Waals surface area contributed by atoms with Crippen molar-refractivity contribution in [1.29, 1.82) is 5.41 Å². The van der Waals surface area contributed by atoms with Crippen molar-refractivity contribution in [3.05, 3.63) is 41.9 Å². The largest absolute Gasteiger partial charge is 0.488 e. The Morgan fingerprint density at radius 1 is 1.39 bits per heavy atom. The van der Waals surface area contributed by atoms with Gasteiger partial charge in [-0.25, -0.2) is 18.7 Å². The Labute approximate surface area is 163 Å². The Kier molecular flexibility index (Phi) is 5.73. The lowest BCUT2D eigenvalue weighted by Gasteiger charge is -2.18. The zero-order valence-corrected chi connectivity index (χ0v) is 15.8. The fraction of sp³-hybridized carbons (Fsp3) is 0.421. The molecule has 7 nitrogen and oxygen atoms in total. The van der Waals surface area contributed by atoms with Crippen molar-refractivity contribution < 1.29 is 19.7 Å². The van der Waals surface area contributed by atoms with E-state index >= 15 is 0 Å². The molecule has 0 bridgehead atoms. The van der Waals surface area contributed by atoms with Gasteiger partial charge in [-0.3, -0.25) is 5.41 Å². The van der Waals surface area contributed by atoms with Crippen LogP contribution in [0.25, 0.3) is 0 Å². The molecule has 0 saturated carbocycles. The topological polar surface area (TPSA) is 97.4 Å². The van der Waals surface area contributed by atoms with Crippen LogP contribution >= 0.6 is 0 Å². The highest BCUT2D eigenvalue weighted by atomic mass is 19.3. The van der Waals surface area contributed by atoms with Gasteiger partial charge < -0.3 is 20.1 Å². The molecule has 1 saturated heterocycles. The molecule has 0 spiro atoms. The van der Waals surface area contributed by atoms with Crippen LogP contribution in [0.4, 0.5) is 20.3 Å². The number of hydrogen-bond acceptors (Lipinski definition) is 7. The van der Waals surface area contributed by atoms with Crippen LogP contribution in [0.2, 0.25) is 0 Å². The Hall–Kier alpha value is -2.81. The van der Waals surface area contributed by atoms with Crippen molar-refractivity contribution in [2.75, 3.05) is 37.4 Å².